The maximum atomic E-state index is 6.01. The Balaban J connectivity index is 2.55. The molecule has 0 saturated carbocycles. The van der Waals surface area contributed by atoms with Crippen molar-refractivity contribution < 1.29 is 4.74 Å². The molecule has 0 aliphatic rings. The summed E-state index contributed by atoms with van der Waals surface area (Å²) >= 11 is 0. The van der Waals surface area contributed by atoms with Gasteiger partial charge in [-0.3, -0.25) is 0 Å². The smallest absolute Gasteiger partial charge is 0.122 e. The van der Waals surface area contributed by atoms with Crippen molar-refractivity contribution in [1.29, 1.82) is 0 Å². The van der Waals surface area contributed by atoms with Gasteiger partial charge in [-0.15, -0.1) is 0 Å². The van der Waals surface area contributed by atoms with E-state index in [1.807, 2.05) is 6.92 Å². The average molecular weight is 264 g/mol. The SMILES string of the molecule is CCOc1ccc(CN(C)CCC(C)(C)N)cc1C. The first-order valence-electron chi connectivity index (χ1n) is 7.01. The first kappa shape index (κ1) is 16.0. The summed E-state index contributed by atoms with van der Waals surface area (Å²) in [7, 11) is 2.14. The Kier molecular flexibility index (Phi) is 5.83. The summed E-state index contributed by atoms with van der Waals surface area (Å²) in [5.74, 6) is 0.983. The van der Waals surface area contributed by atoms with Crippen LogP contribution in [0.4, 0.5) is 0 Å². The molecule has 0 spiro atoms. The molecule has 0 bridgehead atoms. The zero-order valence-electron chi connectivity index (χ0n) is 13.0. The molecule has 19 heavy (non-hydrogen) atoms. The van der Waals surface area contributed by atoms with E-state index in [2.05, 4.69) is 50.9 Å². The highest BCUT2D eigenvalue weighted by Gasteiger charge is 2.12. The second-order valence-electron chi connectivity index (χ2n) is 6.01. The molecule has 0 aromatic heterocycles. The number of benzene rings is 1. The monoisotopic (exact) mass is 264 g/mol. The minimum Gasteiger partial charge on any atom is -0.494 e. The lowest BCUT2D eigenvalue weighted by Gasteiger charge is -2.23. The van der Waals surface area contributed by atoms with Crippen LogP contribution in [0.15, 0.2) is 18.2 Å². The predicted molar refractivity (Wildman–Crippen MR) is 81.6 cm³/mol. The van der Waals surface area contributed by atoms with E-state index in [0.29, 0.717) is 6.61 Å². The fourth-order valence-electron chi connectivity index (χ4n) is 2.00. The highest BCUT2D eigenvalue weighted by Crippen LogP contribution is 2.20. The van der Waals surface area contributed by atoms with Crippen LogP contribution in [0.25, 0.3) is 0 Å². The van der Waals surface area contributed by atoms with Crippen LogP contribution in [0.3, 0.4) is 0 Å². The first-order valence-corrected chi connectivity index (χ1v) is 7.01. The van der Waals surface area contributed by atoms with Crippen LogP contribution in [0.5, 0.6) is 5.75 Å². The van der Waals surface area contributed by atoms with Crippen molar-refractivity contribution in [3.8, 4) is 5.75 Å². The Morgan fingerprint density at radius 2 is 2.00 bits per heavy atom. The van der Waals surface area contributed by atoms with Crippen molar-refractivity contribution in [3.05, 3.63) is 29.3 Å². The molecule has 108 valence electrons. The second-order valence-corrected chi connectivity index (χ2v) is 6.01. The van der Waals surface area contributed by atoms with E-state index in [1.165, 1.54) is 11.1 Å². The molecule has 3 heteroatoms. The molecule has 0 aliphatic carbocycles. The molecule has 0 aliphatic heterocycles. The van der Waals surface area contributed by atoms with Crippen LogP contribution in [-0.4, -0.2) is 30.6 Å². The van der Waals surface area contributed by atoms with Crippen molar-refractivity contribution >= 4 is 0 Å². The summed E-state index contributed by atoms with van der Waals surface area (Å²) in [5, 5.41) is 0. The zero-order valence-corrected chi connectivity index (χ0v) is 13.0. The lowest BCUT2D eigenvalue weighted by molar-refractivity contribution is 0.288. The van der Waals surface area contributed by atoms with Crippen LogP contribution in [0.2, 0.25) is 0 Å². The van der Waals surface area contributed by atoms with Crippen molar-refractivity contribution in [2.75, 3.05) is 20.2 Å². The van der Waals surface area contributed by atoms with Crippen molar-refractivity contribution in [1.82, 2.24) is 4.90 Å². The van der Waals surface area contributed by atoms with E-state index in [9.17, 15) is 0 Å². The molecule has 2 N–H and O–H groups in total. The maximum absolute atomic E-state index is 6.01. The molecule has 1 aromatic rings. The van der Waals surface area contributed by atoms with Crippen LogP contribution in [0.1, 0.15) is 38.3 Å². The number of hydrogen-bond donors (Lipinski definition) is 1. The Labute approximate surface area is 117 Å². The van der Waals surface area contributed by atoms with E-state index in [-0.39, 0.29) is 5.54 Å². The molecule has 0 fully saturated rings. The molecular weight excluding hydrogens is 236 g/mol. The number of rotatable bonds is 7. The van der Waals surface area contributed by atoms with Crippen LogP contribution in [-0.2, 0) is 6.54 Å². The highest BCUT2D eigenvalue weighted by molar-refractivity contribution is 5.36. The number of nitrogens with zero attached hydrogens (tertiary/aromatic N) is 1. The van der Waals surface area contributed by atoms with Gasteiger partial charge in [0.05, 0.1) is 6.61 Å². The third kappa shape index (κ3) is 6.08. The molecule has 0 saturated heterocycles. The molecule has 1 rings (SSSR count). The quantitative estimate of drug-likeness (QED) is 0.823. The highest BCUT2D eigenvalue weighted by atomic mass is 16.5. The largest absolute Gasteiger partial charge is 0.494 e. The summed E-state index contributed by atoms with van der Waals surface area (Å²) < 4.78 is 5.56. The first-order chi connectivity index (χ1) is 8.81. The minimum absolute atomic E-state index is 0.0942. The van der Waals surface area contributed by atoms with Gasteiger partial charge in [0.15, 0.2) is 0 Å². The third-order valence-electron chi connectivity index (χ3n) is 3.13. The molecule has 0 amide bonds. The van der Waals surface area contributed by atoms with Gasteiger partial charge in [0.25, 0.3) is 0 Å². The Bertz CT molecular complexity index is 396. The third-order valence-corrected chi connectivity index (χ3v) is 3.13. The number of hydrogen-bond acceptors (Lipinski definition) is 3. The number of aryl methyl sites for hydroxylation is 1. The van der Waals surface area contributed by atoms with E-state index >= 15 is 0 Å². The zero-order chi connectivity index (χ0) is 14.5. The summed E-state index contributed by atoms with van der Waals surface area (Å²) in [6, 6.07) is 6.41. The standard InChI is InChI=1S/C16H28N2O/c1-6-19-15-8-7-14(11-13(15)2)12-18(5)10-9-16(3,4)17/h7-8,11H,6,9-10,12,17H2,1-5H3. The van der Waals surface area contributed by atoms with Gasteiger partial charge in [-0.2, -0.15) is 0 Å². The van der Waals surface area contributed by atoms with Gasteiger partial charge in [-0.05, 0) is 64.9 Å². The molecule has 1 aromatic carbocycles. The Hall–Kier alpha value is -1.06. The van der Waals surface area contributed by atoms with Gasteiger partial charge in [0, 0.05) is 12.1 Å². The van der Waals surface area contributed by atoms with Gasteiger partial charge in [0.2, 0.25) is 0 Å². The van der Waals surface area contributed by atoms with E-state index in [0.717, 1.165) is 25.3 Å². The predicted octanol–water partition coefficient (Wildman–Crippen LogP) is 2.95. The number of nitrogens with two attached hydrogens (primary N) is 1. The molecule has 3 nitrogen and oxygen atoms in total. The van der Waals surface area contributed by atoms with E-state index in [4.69, 9.17) is 10.5 Å². The van der Waals surface area contributed by atoms with E-state index < -0.39 is 0 Å². The fourth-order valence-corrected chi connectivity index (χ4v) is 2.00. The average Bonchev–Trinajstić information content (AvgIpc) is 2.29. The van der Waals surface area contributed by atoms with Gasteiger partial charge >= 0.3 is 0 Å². The summed E-state index contributed by atoms with van der Waals surface area (Å²) in [6.07, 6.45) is 1.000. The van der Waals surface area contributed by atoms with Gasteiger partial charge < -0.3 is 15.4 Å². The normalized spacial score (nSPS) is 11.9. The minimum atomic E-state index is -0.0942. The van der Waals surface area contributed by atoms with E-state index in [1.54, 1.807) is 0 Å². The van der Waals surface area contributed by atoms with Gasteiger partial charge in [0.1, 0.15) is 5.75 Å². The van der Waals surface area contributed by atoms with Crippen LogP contribution >= 0.6 is 0 Å². The Morgan fingerprint density at radius 3 is 2.53 bits per heavy atom. The topological polar surface area (TPSA) is 38.5 Å². The summed E-state index contributed by atoms with van der Waals surface area (Å²) in [4.78, 5) is 2.31. The summed E-state index contributed by atoms with van der Waals surface area (Å²) in [5.41, 5.74) is 8.44. The van der Waals surface area contributed by atoms with Gasteiger partial charge in [-0.25, -0.2) is 0 Å². The second kappa shape index (κ2) is 6.92. The fraction of sp³-hybridized carbons (Fsp3) is 0.625. The van der Waals surface area contributed by atoms with Crippen molar-refractivity contribution in [3.63, 3.8) is 0 Å². The number of ether oxygens (including phenoxy) is 1. The van der Waals surface area contributed by atoms with Crippen LogP contribution < -0.4 is 10.5 Å². The molecule has 0 radical (unpaired) electrons. The molecule has 0 unspecified atom stereocenters. The molecular formula is C16H28N2O. The Morgan fingerprint density at radius 1 is 1.32 bits per heavy atom. The lowest BCUT2D eigenvalue weighted by Crippen LogP contribution is -2.36. The molecule has 0 heterocycles. The summed E-state index contributed by atoms with van der Waals surface area (Å²) in [6.45, 7) is 10.9. The van der Waals surface area contributed by atoms with Crippen LogP contribution in [0, 0.1) is 6.92 Å². The van der Waals surface area contributed by atoms with Gasteiger partial charge in [-0.1, -0.05) is 12.1 Å². The van der Waals surface area contributed by atoms with Crippen molar-refractivity contribution in [2.24, 2.45) is 5.73 Å². The van der Waals surface area contributed by atoms with Crippen molar-refractivity contribution in [2.45, 2.75) is 46.2 Å². The maximum Gasteiger partial charge on any atom is 0.122 e. The molecule has 0 atom stereocenters. The lowest BCUT2D eigenvalue weighted by atomic mass is 10.0.